The first-order valence-electron chi connectivity index (χ1n) is 8.87. The van der Waals surface area contributed by atoms with Crippen molar-refractivity contribution in [3.8, 4) is 28.8 Å². The van der Waals surface area contributed by atoms with Gasteiger partial charge in [0.05, 0.1) is 16.6 Å². The van der Waals surface area contributed by atoms with Crippen LogP contribution in [0.4, 0.5) is 0 Å². The second kappa shape index (κ2) is 7.59. The van der Waals surface area contributed by atoms with E-state index in [1.54, 1.807) is 42.5 Å². The van der Waals surface area contributed by atoms with Crippen LogP contribution in [0.15, 0.2) is 46.9 Å². The zero-order valence-electron chi connectivity index (χ0n) is 14.9. The molecular formula is C21H17BrN2O4. The Morgan fingerprint density at radius 3 is 2.61 bits per heavy atom. The van der Waals surface area contributed by atoms with E-state index in [1.165, 1.54) is 0 Å². The topological polar surface area (TPSA) is 92.5 Å². The van der Waals surface area contributed by atoms with Crippen molar-refractivity contribution in [2.24, 2.45) is 0 Å². The first-order chi connectivity index (χ1) is 13.5. The molecule has 0 fully saturated rings. The summed E-state index contributed by atoms with van der Waals surface area (Å²) in [7, 11) is 0. The van der Waals surface area contributed by atoms with Gasteiger partial charge in [-0.3, -0.25) is 4.79 Å². The van der Waals surface area contributed by atoms with E-state index in [0.717, 1.165) is 36.1 Å². The molecule has 4 rings (SSSR count). The second-order valence-corrected chi connectivity index (χ2v) is 7.47. The lowest BCUT2D eigenvalue weighted by Gasteiger charge is -2.12. The first-order valence-corrected chi connectivity index (χ1v) is 9.66. The van der Waals surface area contributed by atoms with Crippen LogP contribution in [0.1, 0.15) is 23.2 Å². The van der Waals surface area contributed by atoms with Gasteiger partial charge in [-0.15, -0.1) is 0 Å². The summed E-state index contributed by atoms with van der Waals surface area (Å²) in [6.45, 7) is 0. The summed E-state index contributed by atoms with van der Waals surface area (Å²) in [6.07, 6.45) is 2.71. The highest BCUT2D eigenvalue weighted by atomic mass is 79.9. The van der Waals surface area contributed by atoms with Gasteiger partial charge in [0.25, 0.3) is 0 Å². The molecule has 0 aliphatic heterocycles. The van der Waals surface area contributed by atoms with Crippen LogP contribution in [-0.4, -0.2) is 26.2 Å². The molecular weight excluding hydrogens is 424 g/mol. The van der Waals surface area contributed by atoms with Gasteiger partial charge in [-0.25, -0.2) is 4.98 Å². The van der Waals surface area contributed by atoms with Gasteiger partial charge in [0, 0.05) is 11.1 Å². The van der Waals surface area contributed by atoms with Crippen LogP contribution in [0, 0.1) is 0 Å². The standard InChI is InChI=1S/C21H17BrN2O4/c22-16-11-13(6-9-18(16)25)20-23-17-3-1-2-15(17)21(24-20)28-14-7-4-12(5-8-14)10-19(26)27/h4-9,11,25H,1-3,10H2,(H,26,27). The number of fused-ring (bicyclic) bond motifs is 1. The van der Waals surface area contributed by atoms with Crippen molar-refractivity contribution < 1.29 is 19.7 Å². The van der Waals surface area contributed by atoms with Crippen molar-refractivity contribution in [3.63, 3.8) is 0 Å². The van der Waals surface area contributed by atoms with Crippen LogP contribution < -0.4 is 4.74 Å². The third kappa shape index (κ3) is 3.84. The average Bonchev–Trinajstić information content (AvgIpc) is 3.14. The van der Waals surface area contributed by atoms with Gasteiger partial charge in [0.2, 0.25) is 5.88 Å². The van der Waals surface area contributed by atoms with Gasteiger partial charge in [0.1, 0.15) is 11.5 Å². The summed E-state index contributed by atoms with van der Waals surface area (Å²) in [5.41, 5.74) is 3.48. The van der Waals surface area contributed by atoms with Crippen molar-refractivity contribution in [1.82, 2.24) is 9.97 Å². The number of hydrogen-bond donors (Lipinski definition) is 2. The largest absolute Gasteiger partial charge is 0.507 e. The predicted molar refractivity (Wildman–Crippen MR) is 107 cm³/mol. The van der Waals surface area contributed by atoms with Crippen LogP contribution in [0.3, 0.4) is 0 Å². The molecule has 0 radical (unpaired) electrons. The fraction of sp³-hybridized carbons (Fsp3) is 0.190. The number of phenols is 1. The molecule has 0 atom stereocenters. The Labute approximate surface area is 170 Å². The molecule has 28 heavy (non-hydrogen) atoms. The minimum Gasteiger partial charge on any atom is -0.507 e. The Morgan fingerprint density at radius 2 is 1.89 bits per heavy atom. The van der Waals surface area contributed by atoms with E-state index < -0.39 is 5.97 Å². The Balaban J connectivity index is 1.67. The number of carboxylic acid groups (broad SMARTS) is 1. The van der Waals surface area contributed by atoms with Crippen molar-refractivity contribution in [2.45, 2.75) is 25.7 Å². The van der Waals surface area contributed by atoms with E-state index in [4.69, 9.17) is 9.84 Å². The highest BCUT2D eigenvalue weighted by molar-refractivity contribution is 9.10. The molecule has 6 nitrogen and oxygen atoms in total. The number of ether oxygens (including phenoxy) is 1. The lowest BCUT2D eigenvalue weighted by atomic mass is 10.1. The quantitative estimate of drug-likeness (QED) is 0.605. The van der Waals surface area contributed by atoms with Crippen LogP contribution >= 0.6 is 15.9 Å². The molecule has 0 amide bonds. The van der Waals surface area contributed by atoms with Crippen LogP contribution in [0.25, 0.3) is 11.4 Å². The van der Waals surface area contributed by atoms with Gasteiger partial charge in [-0.1, -0.05) is 12.1 Å². The fourth-order valence-electron chi connectivity index (χ4n) is 3.22. The van der Waals surface area contributed by atoms with Gasteiger partial charge in [-0.2, -0.15) is 4.98 Å². The second-order valence-electron chi connectivity index (χ2n) is 6.61. The van der Waals surface area contributed by atoms with Gasteiger partial charge in [-0.05, 0) is 71.1 Å². The third-order valence-electron chi connectivity index (χ3n) is 4.59. The number of rotatable bonds is 5. The number of carboxylic acids is 1. The van der Waals surface area contributed by atoms with E-state index in [9.17, 15) is 9.90 Å². The highest BCUT2D eigenvalue weighted by Gasteiger charge is 2.22. The van der Waals surface area contributed by atoms with Crippen molar-refractivity contribution >= 4 is 21.9 Å². The number of aryl methyl sites for hydroxylation is 1. The first kappa shape index (κ1) is 18.4. The van der Waals surface area contributed by atoms with Crippen molar-refractivity contribution in [1.29, 1.82) is 0 Å². The Bertz CT molecular complexity index is 1050. The summed E-state index contributed by atoms with van der Waals surface area (Å²) in [6, 6.07) is 12.1. The SMILES string of the molecule is O=C(O)Cc1ccc(Oc2nc(-c3ccc(O)c(Br)c3)nc3c2CCC3)cc1. The summed E-state index contributed by atoms with van der Waals surface area (Å²) >= 11 is 3.32. The Morgan fingerprint density at radius 1 is 1.11 bits per heavy atom. The summed E-state index contributed by atoms with van der Waals surface area (Å²) in [4.78, 5) is 20.1. The number of aliphatic carboxylic acids is 1. The van der Waals surface area contributed by atoms with Crippen molar-refractivity contribution in [2.75, 3.05) is 0 Å². The number of aromatic hydroxyl groups is 1. The number of nitrogens with zero attached hydrogens (tertiary/aromatic N) is 2. The predicted octanol–water partition coefficient (Wildman–Crippen LogP) is 4.52. The number of phenolic OH excluding ortho intramolecular Hbond substituents is 1. The van der Waals surface area contributed by atoms with Crippen molar-refractivity contribution in [3.05, 3.63) is 63.8 Å². The van der Waals surface area contributed by atoms with E-state index in [0.29, 0.717) is 27.5 Å². The molecule has 2 N–H and O–H groups in total. The molecule has 1 aliphatic carbocycles. The summed E-state index contributed by atoms with van der Waals surface area (Å²) in [5.74, 6) is 0.945. The molecule has 7 heteroatoms. The van der Waals surface area contributed by atoms with Gasteiger partial charge < -0.3 is 14.9 Å². The smallest absolute Gasteiger partial charge is 0.307 e. The maximum atomic E-state index is 10.8. The molecule has 0 bridgehead atoms. The van der Waals surface area contributed by atoms with Gasteiger partial charge >= 0.3 is 5.97 Å². The maximum absolute atomic E-state index is 10.8. The number of aromatic nitrogens is 2. The Hall–Kier alpha value is -2.93. The molecule has 3 aromatic rings. The molecule has 0 saturated carbocycles. The third-order valence-corrected chi connectivity index (χ3v) is 5.23. The van der Waals surface area contributed by atoms with Crippen LogP contribution in [0.2, 0.25) is 0 Å². The van der Waals surface area contributed by atoms with Crippen LogP contribution in [0.5, 0.6) is 17.4 Å². The molecule has 0 saturated heterocycles. The summed E-state index contributed by atoms with van der Waals surface area (Å²) < 4.78 is 6.61. The molecule has 1 aromatic heterocycles. The van der Waals surface area contributed by atoms with E-state index >= 15 is 0 Å². The average molecular weight is 441 g/mol. The summed E-state index contributed by atoms with van der Waals surface area (Å²) in [5, 5.41) is 18.6. The monoisotopic (exact) mass is 440 g/mol. The van der Waals surface area contributed by atoms with E-state index in [1.807, 2.05) is 0 Å². The van der Waals surface area contributed by atoms with Gasteiger partial charge in [0.15, 0.2) is 5.82 Å². The zero-order valence-corrected chi connectivity index (χ0v) is 16.4. The van der Waals surface area contributed by atoms with E-state index in [-0.39, 0.29) is 12.2 Å². The molecule has 0 unspecified atom stereocenters. The number of carbonyl (C=O) groups is 1. The minimum absolute atomic E-state index is 0.0247. The Kier molecular flexibility index (Phi) is 5.00. The number of halogens is 1. The fourth-order valence-corrected chi connectivity index (χ4v) is 3.60. The van der Waals surface area contributed by atoms with Crippen LogP contribution in [-0.2, 0) is 24.1 Å². The molecule has 142 valence electrons. The number of benzene rings is 2. The molecule has 1 aliphatic rings. The zero-order chi connectivity index (χ0) is 19.7. The molecule has 0 spiro atoms. The molecule has 1 heterocycles. The van der Waals surface area contributed by atoms with E-state index in [2.05, 4.69) is 25.9 Å². The minimum atomic E-state index is -0.869. The normalized spacial score (nSPS) is 12.6. The molecule has 2 aromatic carbocycles. The lowest BCUT2D eigenvalue weighted by Crippen LogP contribution is -2.02. The number of hydrogen-bond acceptors (Lipinski definition) is 5. The maximum Gasteiger partial charge on any atom is 0.307 e. The highest BCUT2D eigenvalue weighted by Crippen LogP contribution is 2.35. The lowest BCUT2D eigenvalue weighted by molar-refractivity contribution is -0.136.